The lowest BCUT2D eigenvalue weighted by Gasteiger charge is -2.29. The molecule has 20 heavy (non-hydrogen) atoms. The quantitative estimate of drug-likeness (QED) is 0.552. The minimum Gasteiger partial charge on any atom is -0.466 e. The van der Waals surface area contributed by atoms with Gasteiger partial charge in [0.2, 0.25) is 0 Å². The molecule has 1 aliphatic rings. The second-order valence-corrected chi connectivity index (χ2v) is 6.85. The summed E-state index contributed by atoms with van der Waals surface area (Å²) in [6, 6.07) is 0. The molecule has 0 saturated carbocycles. The van der Waals surface area contributed by atoms with Crippen molar-refractivity contribution in [3.63, 3.8) is 0 Å². The SMILES string of the molecule is CCOC(=O)C1CCN(S(=O)(=O)NOCC(C)C)CC1. The summed E-state index contributed by atoms with van der Waals surface area (Å²) < 4.78 is 30.1. The number of rotatable bonds is 7. The summed E-state index contributed by atoms with van der Waals surface area (Å²) in [6.45, 7) is 6.87. The highest BCUT2D eigenvalue weighted by molar-refractivity contribution is 7.87. The minimum absolute atomic E-state index is 0.210. The predicted molar refractivity (Wildman–Crippen MR) is 73.8 cm³/mol. The number of nitrogens with one attached hydrogen (secondary N) is 1. The van der Waals surface area contributed by atoms with Gasteiger partial charge in [0.1, 0.15) is 0 Å². The first-order chi connectivity index (χ1) is 9.36. The Kier molecular flexibility index (Phi) is 6.87. The van der Waals surface area contributed by atoms with Crippen LogP contribution >= 0.6 is 0 Å². The molecule has 0 aromatic carbocycles. The van der Waals surface area contributed by atoms with E-state index in [1.165, 1.54) is 4.31 Å². The molecule has 0 unspecified atom stereocenters. The molecule has 1 fully saturated rings. The Bertz CT molecular complexity index is 402. The van der Waals surface area contributed by atoms with Crippen molar-refractivity contribution in [2.75, 3.05) is 26.3 Å². The Morgan fingerprint density at radius 1 is 1.35 bits per heavy atom. The zero-order valence-electron chi connectivity index (χ0n) is 12.3. The van der Waals surface area contributed by atoms with Crippen LogP contribution in [-0.2, 0) is 24.6 Å². The number of hydrogen-bond acceptors (Lipinski definition) is 5. The van der Waals surface area contributed by atoms with E-state index < -0.39 is 10.2 Å². The minimum atomic E-state index is -3.63. The molecular formula is C12H24N2O5S. The number of esters is 1. The van der Waals surface area contributed by atoms with E-state index in [1.807, 2.05) is 13.8 Å². The maximum Gasteiger partial charge on any atom is 0.309 e. The van der Waals surface area contributed by atoms with Crippen LogP contribution in [0.5, 0.6) is 0 Å². The zero-order valence-corrected chi connectivity index (χ0v) is 13.1. The van der Waals surface area contributed by atoms with Crippen molar-refractivity contribution in [3.05, 3.63) is 0 Å². The molecule has 1 N–H and O–H groups in total. The van der Waals surface area contributed by atoms with Crippen LogP contribution < -0.4 is 4.89 Å². The van der Waals surface area contributed by atoms with Gasteiger partial charge in [0.25, 0.3) is 0 Å². The topological polar surface area (TPSA) is 84.9 Å². The molecular weight excluding hydrogens is 284 g/mol. The normalized spacial score (nSPS) is 18.4. The fourth-order valence-corrected chi connectivity index (χ4v) is 2.93. The maximum absolute atomic E-state index is 11.9. The van der Waals surface area contributed by atoms with Gasteiger partial charge in [0.15, 0.2) is 0 Å². The summed E-state index contributed by atoms with van der Waals surface area (Å²) in [5.41, 5.74) is 0. The molecule has 0 atom stereocenters. The van der Waals surface area contributed by atoms with Crippen LogP contribution in [0.3, 0.4) is 0 Å². The molecule has 1 saturated heterocycles. The average molecular weight is 308 g/mol. The number of piperidine rings is 1. The first-order valence-corrected chi connectivity index (χ1v) is 8.36. The largest absolute Gasteiger partial charge is 0.466 e. The fourth-order valence-electron chi connectivity index (χ4n) is 1.92. The molecule has 1 rings (SSSR count). The second-order valence-electron chi connectivity index (χ2n) is 5.22. The van der Waals surface area contributed by atoms with Crippen molar-refractivity contribution in [1.29, 1.82) is 0 Å². The number of hydrogen-bond donors (Lipinski definition) is 1. The van der Waals surface area contributed by atoms with Gasteiger partial charge in [-0.1, -0.05) is 18.7 Å². The number of nitrogens with zero attached hydrogens (tertiary/aromatic N) is 1. The van der Waals surface area contributed by atoms with Gasteiger partial charge in [-0.2, -0.15) is 12.7 Å². The summed E-state index contributed by atoms with van der Waals surface area (Å²) in [5, 5.41) is 0. The van der Waals surface area contributed by atoms with E-state index in [1.54, 1.807) is 6.92 Å². The van der Waals surface area contributed by atoms with Gasteiger partial charge in [-0.25, -0.2) is 0 Å². The van der Waals surface area contributed by atoms with Crippen molar-refractivity contribution in [3.8, 4) is 0 Å². The lowest BCUT2D eigenvalue weighted by Crippen LogP contribution is -2.46. The lowest BCUT2D eigenvalue weighted by atomic mass is 9.98. The lowest BCUT2D eigenvalue weighted by molar-refractivity contribution is -0.149. The zero-order chi connectivity index (χ0) is 15.2. The third-order valence-corrected chi connectivity index (χ3v) is 4.37. The second kappa shape index (κ2) is 7.92. The molecule has 0 spiro atoms. The van der Waals surface area contributed by atoms with Crippen molar-refractivity contribution in [2.24, 2.45) is 11.8 Å². The molecule has 0 radical (unpaired) electrons. The Labute approximate surface area is 120 Å². The molecule has 1 aliphatic heterocycles. The van der Waals surface area contributed by atoms with Crippen LogP contribution in [0, 0.1) is 11.8 Å². The number of ether oxygens (including phenoxy) is 1. The smallest absolute Gasteiger partial charge is 0.309 e. The highest BCUT2D eigenvalue weighted by atomic mass is 32.2. The first-order valence-electron chi connectivity index (χ1n) is 6.92. The van der Waals surface area contributed by atoms with Crippen molar-refractivity contribution < 1.29 is 22.8 Å². The van der Waals surface area contributed by atoms with Gasteiger partial charge < -0.3 is 4.74 Å². The Morgan fingerprint density at radius 3 is 2.45 bits per heavy atom. The molecule has 118 valence electrons. The molecule has 7 nitrogen and oxygen atoms in total. The molecule has 0 bridgehead atoms. The molecule has 0 aromatic heterocycles. The molecule has 0 aliphatic carbocycles. The highest BCUT2D eigenvalue weighted by Gasteiger charge is 2.31. The van der Waals surface area contributed by atoms with Gasteiger partial charge in [-0.05, 0) is 25.7 Å². The Balaban J connectivity index is 2.41. The van der Waals surface area contributed by atoms with Crippen LogP contribution in [0.4, 0.5) is 0 Å². The van der Waals surface area contributed by atoms with E-state index in [9.17, 15) is 13.2 Å². The Morgan fingerprint density at radius 2 is 1.95 bits per heavy atom. The van der Waals surface area contributed by atoms with E-state index in [0.29, 0.717) is 39.1 Å². The van der Waals surface area contributed by atoms with Gasteiger partial charge >= 0.3 is 16.2 Å². The number of carbonyl (C=O) groups excluding carboxylic acids is 1. The van der Waals surface area contributed by atoms with Crippen molar-refractivity contribution >= 4 is 16.2 Å². The third kappa shape index (κ3) is 5.35. The summed E-state index contributed by atoms with van der Waals surface area (Å²) >= 11 is 0. The van der Waals surface area contributed by atoms with Crippen LogP contribution in [0.1, 0.15) is 33.6 Å². The van der Waals surface area contributed by atoms with Crippen molar-refractivity contribution in [1.82, 2.24) is 9.19 Å². The number of carbonyl (C=O) groups is 1. The molecule has 0 aromatic rings. The predicted octanol–water partition coefficient (Wildman–Crippen LogP) is 0.684. The highest BCUT2D eigenvalue weighted by Crippen LogP contribution is 2.20. The molecule has 0 amide bonds. The summed E-state index contributed by atoms with van der Waals surface area (Å²) in [4.78, 5) is 18.6. The van der Waals surface area contributed by atoms with Gasteiger partial charge in [-0.15, -0.1) is 0 Å². The van der Waals surface area contributed by atoms with E-state index in [-0.39, 0.29) is 17.8 Å². The van der Waals surface area contributed by atoms with Crippen LogP contribution in [-0.4, -0.2) is 45.0 Å². The van der Waals surface area contributed by atoms with E-state index >= 15 is 0 Å². The third-order valence-electron chi connectivity index (χ3n) is 2.99. The van der Waals surface area contributed by atoms with Gasteiger partial charge in [0.05, 0.1) is 19.1 Å². The van der Waals surface area contributed by atoms with Crippen molar-refractivity contribution in [2.45, 2.75) is 33.6 Å². The molecule has 1 heterocycles. The van der Waals surface area contributed by atoms with Crippen LogP contribution in [0.2, 0.25) is 0 Å². The maximum atomic E-state index is 11.9. The first kappa shape index (κ1) is 17.4. The molecule has 8 heteroatoms. The summed E-state index contributed by atoms with van der Waals surface area (Å²) in [7, 11) is -3.63. The van der Waals surface area contributed by atoms with E-state index in [0.717, 1.165) is 0 Å². The Hall–Kier alpha value is -0.700. The average Bonchev–Trinajstić information content (AvgIpc) is 2.38. The fraction of sp³-hybridized carbons (Fsp3) is 0.917. The van der Waals surface area contributed by atoms with Gasteiger partial charge in [-0.3, -0.25) is 9.63 Å². The summed E-state index contributed by atoms with van der Waals surface area (Å²) in [6.07, 6.45) is 0.952. The van der Waals surface area contributed by atoms with E-state index in [2.05, 4.69) is 4.89 Å². The standard InChI is InChI=1S/C12H24N2O5S/c1-4-18-12(15)11-5-7-14(8-6-11)20(16,17)13-19-9-10(2)3/h10-11,13H,4-9H2,1-3H3. The van der Waals surface area contributed by atoms with Crippen LogP contribution in [0.15, 0.2) is 0 Å². The van der Waals surface area contributed by atoms with E-state index in [4.69, 9.17) is 9.57 Å². The van der Waals surface area contributed by atoms with Gasteiger partial charge in [0, 0.05) is 13.1 Å². The summed E-state index contributed by atoms with van der Waals surface area (Å²) in [5.74, 6) is -0.209. The monoisotopic (exact) mass is 308 g/mol. The van der Waals surface area contributed by atoms with Crippen LogP contribution in [0.25, 0.3) is 0 Å².